The molecule has 20 heavy (non-hydrogen) atoms. The molecule has 1 saturated carbocycles. The zero-order valence-corrected chi connectivity index (χ0v) is 11.3. The molecular weight excluding hydrogens is 256 g/mol. The second-order valence-corrected chi connectivity index (χ2v) is 5.46. The topological polar surface area (TPSA) is 71.8 Å². The number of allylic oxidation sites excluding steroid dienone is 1. The van der Waals surface area contributed by atoms with Crippen LogP contribution in [-0.2, 0) is 16.6 Å². The van der Waals surface area contributed by atoms with E-state index in [0.717, 1.165) is 16.8 Å². The van der Waals surface area contributed by atoms with Gasteiger partial charge in [0.2, 0.25) is 5.88 Å². The number of Topliss-reactive ketones (excluding diaryl/α,β-unsaturated/α-hetero) is 1. The van der Waals surface area contributed by atoms with Crippen molar-refractivity contribution in [3.63, 3.8) is 0 Å². The summed E-state index contributed by atoms with van der Waals surface area (Å²) in [5.74, 6) is 0.495. The van der Waals surface area contributed by atoms with Crippen molar-refractivity contribution in [2.75, 3.05) is 7.11 Å². The Balaban J connectivity index is 2.22. The molecule has 1 N–H and O–H groups in total. The first-order chi connectivity index (χ1) is 9.60. The van der Waals surface area contributed by atoms with Gasteiger partial charge in [-0.2, -0.15) is 0 Å². The van der Waals surface area contributed by atoms with Crippen LogP contribution in [0.25, 0.3) is 0 Å². The van der Waals surface area contributed by atoms with E-state index < -0.39 is 5.41 Å². The lowest BCUT2D eigenvalue weighted by molar-refractivity contribution is -0.128. The molecule has 0 spiro atoms. The number of pyridine rings is 1. The minimum Gasteiger partial charge on any atom is -0.481 e. The van der Waals surface area contributed by atoms with Crippen LogP contribution < -0.4 is 4.74 Å². The normalized spacial score (nSPS) is 28.6. The van der Waals surface area contributed by atoms with Gasteiger partial charge in [-0.3, -0.25) is 4.79 Å². The van der Waals surface area contributed by atoms with Crippen LogP contribution in [0.1, 0.15) is 24.1 Å². The fourth-order valence-corrected chi connectivity index (χ4v) is 3.42. The van der Waals surface area contributed by atoms with Gasteiger partial charge in [-0.15, -0.1) is 5.16 Å². The Hall–Kier alpha value is -2.17. The molecule has 5 heteroatoms. The molecule has 0 saturated heterocycles. The zero-order valence-electron chi connectivity index (χ0n) is 11.3. The summed E-state index contributed by atoms with van der Waals surface area (Å²) in [7, 11) is 1.57. The maximum atomic E-state index is 12.7. The van der Waals surface area contributed by atoms with E-state index in [0.29, 0.717) is 25.1 Å². The Morgan fingerprint density at radius 2 is 2.35 bits per heavy atom. The first kappa shape index (κ1) is 12.8. The lowest BCUT2D eigenvalue weighted by Gasteiger charge is -2.42. The molecule has 1 heterocycles. The summed E-state index contributed by atoms with van der Waals surface area (Å²) >= 11 is 0. The van der Waals surface area contributed by atoms with Gasteiger partial charge in [-0.05, 0) is 18.4 Å². The number of ether oxygens (including phenoxy) is 1. The number of rotatable bonds is 2. The summed E-state index contributed by atoms with van der Waals surface area (Å²) in [6.07, 6.45) is 3.08. The number of fused-ring (bicyclic) bond motifs is 4. The van der Waals surface area contributed by atoms with Gasteiger partial charge in [0.15, 0.2) is 5.78 Å². The smallest absolute Gasteiger partial charge is 0.213 e. The van der Waals surface area contributed by atoms with E-state index >= 15 is 0 Å². The first-order valence-corrected chi connectivity index (χ1v) is 6.54. The van der Waals surface area contributed by atoms with E-state index in [4.69, 9.17) is 9.94 Å². The van der Waals surface area contributed by atoms with Crippen molar-refractivity contribution in [2.45, 2.75) is 24.7 Å². The summed E-state index contributed by atoms with van der Waals surface area (Å²) in [6.45, 7) is 4.02. The number of ketones is 1. The van der Waals surface area contributed by atoms with Crippen LogP contribution in [-0.4, -0.2) is 29.3 Å². The van der Waals surface area contributed by atoms with Gasteiger partial charge in [0, 0.05) is 24.1 Å². The van der Waals surface area contributed by atoms with Crippen molar-refractivity contribution < 1.29 is 14.7 Å². The number of hydrogen-bond donors (Lipinski definition) is 1. The maximum absolute atomic E-state index is 12.7. The van der Waals surface area contributed by atoms with E-state index in [1.54, 1.807) is 13.2 Å². The minimum absolute atomic E-state index is 0.0992. The molecule has 104 valence electrons. The number of aromatic nitrogens is 1. The van der Waals surface area contributed by atoms with E-state index in [2.05, 4.69) is 16.7 Å². The Morgan fingerprint density at radius 3 is 3.05 bits per heavy atom. The summed E-state index contributed by atoms with van der Waals surface area (Å²) in [4.78, 5) is 17.1. The average Bonchev–Trinajstić information content (AvgIpc) is 2.42. The molecule has 0 radical (unpaired) electrons. The molecule has 3 rings (SSSR count). The largest absolute Gasteiger partial charge is 0.481 e. The Morgan fingerprint density at radius 1 is 1.55 bits per heavy atom. The lowest BCUT2D eigenvalue weighted by Crippen LogP contribution is -2.50. The van der Waals surface area contributed by atoms with Gasteiger partial charge in [0.25, 0.3) is 0 Å². The van der Waals surface area contributed by atoms with Crippen molar-refractivity contribution in [1.82, 2.24) is 4.98 Å². The van der Waals surface area contributed by atoms with Crippen molar-refractivity contribution in [1.29, 1.82) is 0 Å². The number of oxime groups is 1. The van der Waals surface area contributed by atoms with Crippen molar-refractivity contribution in [3.05, 3.63) is 35.5 Å². The number of hydrogen-bond acceptors (Lipinski definition) is 5. The molecule has 5 nitrogen and oxygen atoms in total. The summed E-state index contributed by atoms with van der Waals surface area (Å²) in [6, 6.07) is 3.58. The van der Waals surface area contributed by atoms with Crippen LogP contribution in [0.4, 0.5) is 0 Å². The highest BCUT2D eigenvalue weighted by Crippen LogP contribution is 2.46. The van der Waals surface area contributed by atoms with Gasteiger partial charge >= 0.3 is 0 Å². The molecule has 1 aromatic rings. The summed E-state index contributed by atoms with van der Waals surface area (Å²) in [5, 5.41) is 12.1. The molecule has 2 bridgehead atoms. The first-order valence-electron chi connectivity index (χ1n) is 6.54. The minimum atomic E-state index is -0.915. The fourth-order valence-electron chi connectivity index (χ4n) is 3.42. The van der Waals surface area contributed by atoms with Crippen LogP contribution >= 0.6 is 0 Å². The monoisotopic (exact) mass is 272 g/mol. The molecule has 2 aliphatic rings. The van der Waals surface area contributed by atoms with Gasteiger partial charge in [0.1, 0.15) is 0 Å². The second kappa shape index (κ2) is 4.44. The van der Waals surface area contributed by atoms with E-state index in [9.17, 15) is 4.79 Å². The molecule has 0 aliphatic heterocycles. The zero-order chi connectivity index (χ0) is 14.3. The van der Waals surface area contributed by atoms with Gasteiger partial charge < -0.3 is 9.94 Å². The SMILES string of the molecule is C=C1CC2Cc3nc(OC)ccc3C(/C=N/O)(C1)C2=O. The average molecular weight is 272 g/mol. The Labute approximate surface area is 117 Å². The molecular formula is C15H16N2O3. The highest BCUT2D eigenvalue weighted by atomic mass is 16.5. The second-order valence-electron chi connectivity index (χ2n) is 5.46. The van der Waals surface area contributed by atoms with E-state index in [1.807, 2.05) is 6.07 Å². The van der Waals surface area contributed by atoms with Gasteiger partial charge in [-0.25, -0.2) is 4.98 Å². The highest BCUT2D eigenvalue weighted by molar-refractivity contribution is 6.09. The Bertz CT molecular complexity index is 624. The molecule has 2 unspecified atom stereocenters. The summed E-state index contributed by atoms with van der Waals surface area (Å²) < 4.78 is 5.15. The van der Waals surface area contributed by atoms with Gasteiger partial charge in [-0.1, -0.05) is 18.2 Å². The lowest BCUT2D eigenvalue weighted by atomic mass is 9.59. The molecule has 1 aromatic heterocycles. The van der Waals surface area contributed by atoms with Crippen LogP contribution in [0.15, 0.2) is 29.4 Å². The molecule has 0 amide bonds. The maximum Gasteiger partial charge on any atom is 0.213 e. The number of nitrogens with zero attached hydrogens (tertiary/aromatic N) is 2. The third-order valence-electron chi connectivity index (χ3n) is 4.23. The van der Waals surface area contributed by atoms with E-state index in [-0.39, 0.29) is 11.7 Å². The number of carbonyl (C=O) groups excluding carboxylic acids is 1. The van der Waals surface area contributed by atoms with Crippen LogP contribution in [0.3, 0.4) is 0 Å². The standard InChI is InChI=1S/C15H16N2O3/c1-9-5-10-6-12-11(3-4-13(17-12)20-2)15(7-9,8-16-19)14(10)18/h3-4,8,10,19H,1,5-7H2,2H3/b16-8+. The van der Waals surface area contributed by atoms with Crippen molar-refractivity contribution in [3.8, 4) is 5.88 Å². The number of methoxy groups -OCH3 is 1. The third kappa shape index (κ3) is 1.66. The van der Waals surface area contributed by atoms with Crippen molar-refractivity contribution >= 4 is 12.0 Å². The number of carbonyl (C=O) groups is 1. The third-order valence-corrected chi connectivity index (χ3v) is 4.23. The summed E-state index contributed by atoms with van der Waals surface area (Å²) in [5.41, 5.74) is 1.75. The Kier molecular flexibility index (Phi) is 2.85. The fraction of sp³-hybridized carbons (Fsp3) is 0.400. The van der Waals surface area contributed by atoms with Crippen LogP contribution in [0.5, 0.6) is 5.88 Å². The highest BCUT2D eigenvalue weighted by Gasteiger charge is 2.51. The molecule has 2 aliphatic carbocycles. The molecule has 1 fully saturated rings. The van der Waals surface area contributed by atoms with Crippen molar-refractivity contribution in [2.24, 2.45) is 11.1 Å². The predicted octanol–water partition coefficient (Wildman–Crippen LogP) is 1.88. The van der Waals surface area contributed by atoms with Crippen LogP contribution in [0.2, 0.25) is 0 Å². The van der Waals surface area contributed by atoms with Gasteiger partial charge in [0.05, 0.1) is 18.7 Å². The van der Waals surface area contributed by atoms with Crippen LogP contribution in [0, 0.1) is 5.92 Å². The molecule has 2 atom stereocenters. The quantitative estimate of drug-likeness (QED) is 0.386. The van der Waals surface area contributed by atoms with E-state index in [1.165, 1.54) is 6.21 Å². The molecule has 0 aromatic carbocycles. The predicted molar refractivity (Wildman–Crippen MR) is 73.3 cm³/mol.